The molecule has 0 aliphatic rings. The van der Waals surface area contributed by atoms with Gasteiger partial charge in [0.1, 0.15) is 6.10 Å². The van der Waals surface area contributed by atoms with E-state index in [2.05, 4.69) is 5.16 Å². The minimum absolute atomic E-state index is 0.0275. The van der Waals surface area contributed by atoms with Gasteiger partial charge in [0.25, 0.3) is 0 Å². The Morgan fingerprint density at radius 2 is 2.00 bits per heavy atom. The largest absolute Gasteiger partial charge is 0.504 e. The van der Waals surface area contributed by atoms with Crippen molar-refractivity contribution in [3.05, 3.63) is 23.8 Å². The summed E-state index contributed by atoms with van der Waals surface area (Å²) in [6.07, 6.45) is -1.45. The van der Waals surface area contributed by atoms with Crippen LogP contribution in [-0.4, -0.2) is 26.4 Å². The zero-order valence-electron chi connectivity index (χ0n) is 7.12. The molecule has 0 fully saturated rings. The van der Waals surface area contributed by atoms with E-state index in [4.69, 9.17) is 16.0 Å². The van der Waals surface area contributed by atoms with Crippen LogP contribution in [0.3, 0.4) is 0 Å². The molecule has 1 aromatic carbocycles. The van der Waals surface area contributed by atoms with Crippen molar-refractivity contribution in [2.45, 2.75) is 6.10 Å². The lowest BCUT2D eigenvalue weighted by Gasteiger charge is -2.11. The van der Waals surface area contributed by atoms with Crippen LogP contribution in [-0.2, 0) is 0 Å². The van der Waals surface area contributed by atoms with Crippen molar-refractivity contribution in [3.8, 4) is 11.5 Å². The van der Waals surface area contributed by atoms with Crippen molar-refractivity contribution < 1.29 is 20.5 Å². The van der Waals surface area contributed by atoms with Crippen molar-refractivity contribution >= 4 is 5.84 Å². The highest BCUT2D eigenvalue weighted by Crippen LogP contribution is 2.32. The van der Waals surface area contributed by atoms with Gasteiger partial charge in [0.15, 0.2) is 17.3 Å². The lowest BCUT2D eigenvalue weighted by atomic mass is 10.1. The normalized spacial score (nSPS) is 13.9. The molecule has 0 bridgehead atoms. The number of oxime groups is 1. The summed E-state index contributed by atoms with van der Waals surface area (Å²) in [7, 11) is 0. The number of rotatable bonds is 2. The lowest BCUT2D eigenvalue weighted by Crippen LogP contribution is -2.21. The predicted octanol–water partition coefficient (Wildman–Crippen LogP) is -0.122. The molecule has 0 heterocycles. The van der Waals surface area contributed by atoms with Gasteiger partial charge in [0.2, 0.25) is 0 Å². The summed E-state index contributed by atoms with van der Waals surface area (Å²) >= 11 is 0. The second-order valence-electron chi connectivity index (χ2n) is 2.64. The van der Waals surface area contributed by atoms with E-state index < -0.39 is 17.7 Å². The van der Waals surface area contributed by atoms with E-state index in [1.54, 1.807) is 0 Å². The van der Waals surface area contributed by atoms with Gasteiger partial charge in [-0.15, -0.1) is 0 Å². The Hall–Kier alpha value is -1.95. The Morgan fingerprint density at radius 3 is 2.57 bits per heavy atom. The van der Waals surface area contributed by atoms with Crippen molar-refractivity contribution in [3.63, 3.8) is 0 Å². The highest BCUT2D eigenvalue weighted by Gasteiger charge is 2.18. The van der Waals surface area contributed by atoms with Crippen LogP contribution in [0.2, 0.25) is 0 Å². The third-order valence-electron chi connectivity index (χ3n) is 1.74. The number of amidine groups is 1. The fourth-order valence-electron chi connectivity index (χ4n) is 0.983. The first-order valence-electron chi connectivity index (χ1n) is 3.74. The number of aromatic hydroxyl groups is 2. The molecular weight excluding hydrogens is 188 g/mol. The van der Waals surface area contributed by atoms with Crippen molar-refractivity contribution in [1.29, 1.82) is 0 Å². The van der Waals surface area contributed by atoms with Crippen LogP contribution in [0.15, 0.2) is 23.4 Å². The second-order valence-corrected chi connectivity index (χ2v) is 2.64. The lowest BCUT2D eigenvalue weighted by molar-refractivity contribution is 0.227. The number of benzene rings is 1. The molecule has 1 rings (SSSR count). The number of hydrogen-bond donors (Lipinski definition) is 5. The van der Waals surface area contributed by atoms with Gasteiger partial charge in [0, 0.05) is 5.56 Å². The zero-order valence-corrected chi connectivity index (χ0v) is 7.12. The molecule has 1 aromatic rings. The molecule has 76 valence electrons. The maximum absolute atomic E-state index is 9.41. The molecule has 0 spiro atoms. The molecule has 14 heavy (non-hydrogen) atoms. The van der Waals surface area contributed by atoms with Gasteiger partial charge in [-0.2, -0.15) is 0 Å². The Morgan fingerprint density at radius 1 is 1.36 bits per heavy atom. The first kappa shape index (κ1) is 10.1. The fourth-order valence-corrected chi connectivity index (χ4v) is 0.983. The first-order chi connectivity index (χ1) is 6.57. The molecule has 0 aliphatic carbocycles. The zero-order chi connectivity index (χ0) is 10.7. The smallest absolute Gasteiger partial charge is 0.172 e. The molecule has 6 heteroatoms. The Labute approximate surface area is 79.5 Å². The van der Waals surface area contributed by atoms with E-state index in [0.29, 0.717) is 0 Å². The summed E-state index contributed by atoms with van der Waals surface area (Å²) in [5, 5.41) is 38.7. The number of nitrogens with two attached hydrogens (primary N) is 1. The molecule has 0 saturated heterocycles. The van der Waals surface area contributed by atoms with Crippen molar-refractivity contribution in [2.24, 2.45) is 10.9 Å². The number of hydrogen-bond acceptors (Lipinski definition) is 5. The van der Waals surface area contributed by atoms with Gasteiger partial charge in [0.05, 0.1) is 0 Å². The molecule has 1 atom stereocenters. The van der Waals surface area contributed by atoms with Crippen LogP contribution in [0.25, 0.3) is 0 Å². The minimum Gasteiger partial charge on any atom is -0.504 e. The molecule has 0 aliphatic heterocycles. The van der Waals surface area contributed by atoms with Crippen LogP contribution in [0, 0.1) is 0 Å². The Kier molecular flexibility index (Phi) is 2.78. The van der Waals surface area contributed by atoms with Gasteiger partial charge in [-0.05, 0) is 6.07 Å². The number of phenols is 2. The first-order valence-corrected chi connectivity index (χ1v) is 3.74. The average molecular weight is 198 g/mol. The van der Waals surface area contributed by atoms with Crippen LogP contribution in [0.5, 0.6) is 11.5 Å². The quantitative estimate of drug-likeness (QED) is 0.149. The number of nitrogens with zero attached hydrogens (tertiary/aromatic N) is 1. The molecule has 6 N–H and O–H groups in total. The van der Waals surface area contributed by atoms with Gasteiger partial charge in [-0.1, -0.05) is 17.3 Å². The van der Waals surface area contributed by atoms with Gasteiger partial charge < -0.3 is 26.3 Å². The summed E-state index contributed by atoms with van der Waals surface area (Å²) in [5.74, 6) is -1.34. The number of phenolic OH excluding ortho intramolecular Hbond substituents is 2. The summed E-state index contributed by atoms with van der Waals surface area (Å²) in [6, 6.07) is 4.01. The van der Waals surface area contributed by atoms with Crippen LogP contribution >= 0.6 is 0 Å². The summed E-state index contributed by atoms with van der Waals surface area (Å²) < 4.78 is 0. The third kappa shape index (κ3) is 1.69. The molecule has 0 radical (unpaired) electrons. The average Bonchev–Trinajstić information content (AvgIpc) is 2.20. The van der Waals surface area contributed by atoms with E-state index in [-0.39, 0.29) is 11.3 Å². The number of aliphatic hydroxyl groups is 1. The SMILES string of the molecule is NC(=NO)C(O)c1cccc(O)c1O. The molecule has 6 nitrogen and oxygen atoms in total. The fraction of sp³-hybridized carbons (Fsp3) is 0.125. The molecule has 0 aromatic heterocycles. The highest BCUT2D eigenvalue weighted by atomic mass is 16.4. The molecule has 0 amide bonds. The van der Waals surface area contributed by atoms with E-state index in [1.807, 2.05) is 0 Å². The van der Waals surface area contributed by atoms with Crippen molar-refractivity contribution in [2.75, 3.05) is 0 Å². The van der Waals surface area contributed by atoms with Crippen LogP contribution in [0.4, 0.5) is 0 Å². The standard InChI is InChI=1S/C8H10N2O4/c9-8(10-14)7(13)4-2-1-3-5(11)6(4)12/h1-3,7,11-14H,(H2,9,10). The third-order valence-corrected chi connectivity index (χ3v) is 1.74. The number of aliphatic hydroxyl groups excluding tert-OH is 1. The van der Waals surface area contributed by atoms with Crippen molar-refractivity contribution in [1.82, 2.24) is 0 Å². The summed E-state index contributed by atoms with van der Waals surface area (Å²) in [5.41, 5.74) is 5.10. The van der Waals surface area contributed by atoms with E-state index in [9.17, 15) is 10.2 Å². The van der Waals surface area contributed by atoms with Gasteiger partial charge in [-0.3, -0.25) is 0 Å². The summed E-state index contributed by atoms with van der Waals surface area (Å²) in [4.78, 5) is 0. The van der Waals surface area contributed by atoms with E-state index in [0.717, 1.165) is 0 Å². The second kappa shape index (κ2) is 3.84. The van der Waals surface area contributed by atoms with Crippen LogP contribution in [0.1, 0.15) is 11.7 Å². The highest BCUT2D eigenvalue weighted by molar-refractivity contribution is 5.86. The minimum atomic E-state index is -1.45. The Balaban J connectivity index is 3.13. The van der Waals surface area contributed by atoms with E-state index >= 15 is 0 Å². The van der Waals surface area contributed by atoms with Gasteiger partial charge >= 0.3 is 0 Å². The molecular formula is C8H10N2O4. The monoisotopic (exact) mass is 198 g/mol. The van der Waals surface area contributed by atoms with Crippen LogP contribution < -0.4 is 5.73 Å². The maximum atomic E-state index is 9.41. The molecule has 0 saturated carbocycles. The topological polar surface area (TPSA) is 119 Å². The van der Waals surface area contributed by atoms with Gasteiger partial charge in [-0.25, -0.2) is 0 Å². The Bertz CT molecular complexity index is 364. The summed E-state index contributed by atoms with van der Waals surface area (Å²) in [6.45, 7) is 0. The maximum Gasteiger partial charge on any atom is 0.172 e. The number of para-hydroxylation sites is 1. The van der Waals surface area contributed by atoms with E-state index in [1.165, 1.54) is 18.2 Å². The molecule has 1 unspecified atom stereocenters. The predicted molar refractivity (Wildman–Crippen MR) is 48.1 cm³/mol.